The standard InChI is InChI=1S/C37H36N8O3/c1-21-12-13-22(2)31(18-21)42-38-27-14-15-28(26(6)25(27)5)39-45-36-34(46)17-16-30(37(36)47)41-44-33-20-23(3)32(19-24(33)4)43-40-29-10-8-9-11-35(29)48-7/h8-20,46-47H,1-7H3. The van der Waals surface area contributed by atoms with Crippen LogP contribution in [0.5, 0.6) is 17.2 Å². The Balaban J connectivity index is 1.36. The van der Waals surface area contributed by atoms with E-state index in [0.717, 1.165) is 39.1 Å². The van der Waals surface area contributed by atoms with Crippen molar-refractivity contribution in [3.05, 3.63) is 112 Å². The molecule has 0 atom stereocenters. The lowest BCUT2D eigenvalue weighted by molar-refractivity contribution is 0.416. The number of rotatable bonds is 9. The van der Waals surface area contributed by atoms with Crippen LogP contribution in [0, 0.1) is 41.5 Å². The lowest BCUT2D eigenvalue weighted by Gasteiger charge is -2.08. The third-order valence-corrected chi connectivity index (χ3v) is 7.86. The van der Waals surface area contributed by atoms with Gasteiger partial charge >= 0.3 is 0 Å². The molecule has 0 heterocycles. The summed E-state index contributed by atoms with van der Waals surface area (Å²) in [5.74, 6) is 0.0245. The van der Waals surface area contributed by atoms with E-state index in [1.54, 1.807) is 13.2 Å². The van der Waals surface area contributed by atoms with Gasteiger partial charge in [0.25, 0.3) is 0 Å². The summed E-state index contributed by atoms with van der Waals surface area (Å²) >= 11 is 0. The van der Waals surface area contributed by atoms with Gasteiger partial charge in [-0.1, -0.05) is 24.3 Å². The highest BCUT2D eigenvalue weighted by Gasteiger charge is 2.14. The van der Waals surface area contributed by atoms with Crippen LogP contribution in [-0.4, -0.2) is 17.3 Å². The molecule has 0 amide bonds. The maximum absolute atomic E-state index is 11.0. The summed E-state index contributed by atoms with van der Waals surface area (Å²) in [6.07, 6.45) is 0. The topological polar surface area (TPSA) is 149 Å². The summed E-state index contributed by atoms with van der Waals surface area (Å²) < 4.78 is 5.35. The van der Waals surface area contributed by atoms with Crippen molar-refractivity contribution in [2.45, 2.75) is 41.5 Å². The molecule has 2 N–H and O–H groups in total. The van der Waals surface area contributed by atoms with E-state index >= 15 is 0 Å². The van der Waals surface area contributed by atoms with Crippen molar-refractivity contribution in [1.82, 2.24) is 0 Å². The van der Waals surface area contributed by atoms with Gasteiger partial charge in [-0.25, -0.2) is 0 Å². The molecule has 0 saturated carbocycles. The van der Waals surface area contributed by atoms with Gasteiger partial charge in [-0.2, -0.15) is 25.6 Å². The molecule has 0 saturated heterocycles. The third kappa shape index (κ3) is 7.47. The molecule has 11 nitrogen and oxygen atoms in total. The molecule has 5 aromatic carbocycles. The summed E-state index contributed by atoms with van der Waals surface area (Å²) in [5, 5.41) is 56.2. The molecule has 0 aliphatic rings. The minimum atomic E-state index is -0.354. The highest BCUT2D eigenvalue weighted by atomic mass is 16.5. The van der Waals surface area contributed by atoms with Crippen molar-refractivity contribution in [3.63, 3.8) is 0 Å². The number of hydrogen-bond acceptors (Lipinski definition) is 11. The number of nitrogens with zero attached hydrogens (tertiary/aromatic N) is 8. The first-order valence-electron chi connectivity index (χ1n) is 15.2. The van der Waals surface area contributed by atoms with Gasteiger partial charge in [0.2, 0.25) is 0 Å². The summed E-state index contributed by atoms with van der Waals surface area (Å²) in [4.78, 5) is 0. The zero-order valence-electron chi connectivity index (χ0n) is 27.9. The number of ether oxygens (including phenoxy) is 1. The summed E-state index contributed by atoms with van der Waals surface area (Å²) in [7, 11) is 1.59. The lowest BCUT2D eigenvalue weighted by Crippen LogP contribution is -1.83. The average molecular weight is 641 g/mol. The number of hydrogen-bond donors (Lipinski definition) is 2. The van der Waals surface area contributed by atoms with Crippen LogP contribution in [0.25, 0.3) is 0 Å². The molecule has 0 unspecified atom stereocenters. The second kappa shape index (κ2) is 14.5. The van der Waals surface area contributed by atoms with Gasteiger partial charge in [0.05, 0.1) is 35.5 Å². The minimum Gasteiger partial charge on any atom is -0.505 e. The van der Waals surface area contributed by atoms with Crippen LogP contribution in [0.2, 0.25) is 0 Å². The second-order valence-electron chi connectivity index (χ2n) is 11.3. The third-order valence-electron chi connectivity index (χ3n) is 7.86. The highest BCUT2D eigenvalue weighted by Crippen LogP contribution is 2.45. The van der Waals surface area contributed by atoms with Crippen LogP contribution >= 0.6 is 0 Å². The van der Waals surface area contributed by atoms with Crippen LogP contribution in [0.4, 0.5) is 45.5 Å². The fourth-order valence-electron chi connectivity index (χ4n) is 4.71. The first-order chi connectivity index (χ1) is 23.0. The van der Waals surface area contributed by atoms with Crippen molar-refractivity contribution in [3.8, 4) is 17.2 Å². The van der Waals surface area contributed by atoms with Gasteiger partial charge in [-0.3, -0.25) is 0 Å². The van der Waals surface area contributed by atoms with E-state index in [2.05, 4.69) is 40.9 Å². The van der Waals surface area contributed by atoms with E-state index in [1.807, 2.05) is 102 Å². The Morgan fingerprint density at radius 3 is 1.58 bits per heavy atom. The first-order valence-corrected chi connectivity index (χ1v) is 15.2. The number of para-hydroxylation sites is 1. The zero-order valence-corrected chi connectivity index (χ0v) is 27.9. The van der Waals surface area contributed by atoms with E-state index in [4.69, 9.17) is 4.74 Å². The van der Waals surface area contributed by atoms with Gasteiger partial charge < -0.3 is 14.9 Å². The van der Waals surface area contributed by atoms with Crippen LogP contribution in [0.1, 0.15) is 33.4 Å². The van der Waals surface area contributed by atoms with E-state index < -0.39 is 0 Å². The predicted octanol–water partition coefficient (Wildman–Crippen LogP) is 12.6. The molecule has 5 aromatic rings. The van der Waals surface area contributed by atoms with E-state index in [9.17, 15) is 10.2 Å². The molecule has 0 spiro atoms. The van der Waals surface area contributed by atoms with Crippen molar-refractivity contribution < 1.29 is 14.9 Å². The minimum absolute atomic E-state index is 0.119. The lowest BCUT2D eigenvalue weighted by atomic mass is 10.1. The monoisotopic (exact) mass is 640 g/mol. The predicted molar refractivity (Wildman–Crippen MR) is 187 cm³/mol. The summed E-state index contributed by atoms with van der Waals surface area (Å²) in [6, 6.07) is 23.6. The molecule has 0 aromatic heterocycles. The normalized spacial score (nSPS) is 11.9. The molecular weight excluding hydrogens is 604 g/mol. The van der Waals surface area contributed by atoms with Crippen molar-refractivity contribution >= 4 is 45.5 Å². The molecule has 0 fully saturated rings. The van der Waals surface area contributed by atoms with Crippen LogP contribution in [0.15, 0.2) is 120 Å². The maximum Gasteiger partial charge on any atom is 0.174 e. The molecule has 0 aliphatic carbocycles. The number of methoxy groups -OCH3 is 1. The number of benzene rings is 5. The molecule has 48 heavy (non-hydrogen) atoms. The van der Waals surface area contributed by atoms with Gasteiger partial charge in [-0.05, 0) is 130 Å². The number of phenolic OH excluding ortho intramolecular Hbond substituents is 2. The maximum atomic E-state index is 11.0. The van der Waals surface area contributed by atoms with Crippen LogP contribution in [-0.2, 0) is 0 Å². The second-order valence-corrected chi connectivity index (χ2v) is 11.3. The summed E-state index contributed by atoms with van der Waals surface area (Å²) in [6.45, 7) is 11.6. The number of aryl methyl sites for hydroxylation is 4. The molecule has 11 heteroatoms. The Morgan fingerprint density at radius 1 is 0.458 bits per heavy atom. The largest absolute Gasteiger partial charge is 0.505 e. The van der Waals surface area contributed by atoms with Crippen LogP contribution in [0.3, 0.4) is 0 Å². The molecule has 0 aliphatic heterocycles. The fourth-order valence-corrected chi connectivity index (χ4v) is 4.71. The Hall–Kier alpha value is -6.10. The number of phenols is 2. The number of aromatic hydroxyl groups is 2. The van der Waals surface area contributed by atoms with E-state index in [-0.39, 0.29) is 22.9 Å². The number of azo groups is 4. The van der Waals surface area contributed by atoms with Crippen LogP contribution < -0.4 is 4.74 Å². The first kappa shape index (κ1) is 33.3. The molecule has 5 rings (SSSR count). The summed E-state index contributed by atoms with van der Waals surface area (Å²) in [5.41, 5.74) is 9.46. The molecule has 0 bridgehead atoms. The van der Waals surface area contributed by atoms with E-state index in [1.165, 1.54) is 12.1 Å². The van der Waals surface area contributed by atoms with Gasteiger partial charge in [-0.15, -0.1) is 15.3 Å². The Kier molecular flexibility index (Phi) is 10.1. The Labute approximate surface area is 279 Å². The molecule has 0 radical (unpaired) electrons. The Morgan fingerprint density at radius 2 is 0.958 bits per heavy atom. The molecular formula is C37H36N8O3. The Bertz CT molecular complexity index is 2120. The van der Waals surface area contributed by atoms with E-state index in [0.29, 0.717) is 34.2 Å². The quantitative estimate of drug-likeness (QED) is 0.154. The van der Waals surface area contributed by atoms with Gasteiger partial charge in [0.15, 0.2) is 11.4 Å². The molecule has 242 valence electrons. The fraction of sp³-hybridized carbons (Fsp3) is 0.189. The van der Waals surface area contributed by atoms with Crippen molar-refractivity contribution in [2.75, 3.05) is 7.11 Å². The smallest absolute Gasteiger partial charge is 0.174 e. The average Bonchev–Trinajstić information content (AvgIpc) is 3.07. The SMILES string of the molecule is COc1ccccc1N=Nc1cc(C)c(N=Nc2ccc(O)c(N=Nc3ccc(N=Nc4cc(C)ccc4C)c(C)c3C)c2O)cc1C. The van der Waals surface area contributed by atoms with Crippen molar-refractivity contribution in [1.29, 1.82) is 0 Å². The van der Waals surface area contributed by atoms with Crippen molar-refractivity contribution in [2.24, 2.45) is 40.9 Å². The zero-order chi connectivity index (χ0) is 34.4. The van der Waals surface area contributed by atoms with Gasteiger partial charge in [0.1, 0.15) is 22.9 Å². The van der Waals surface area contributed by atoms with Gasteiger partial charge in [0, 0.05) is 0 Å². The highest BCUT2D eigenvalue weighted by molar-refractivity contribution is 5.71.